The first kappa shape index (κ1) is 15.6. The van der Waals surface area contributed by atoms with Gasteiger partial charge in [-0.05, 0) is 35.8 Å². The Kier molecular flexibility index (Phi) is 6.85. The minimum Gasteiger partial charge on any atom is -0.465 e. The molecule has 0 spiro atoms. The molecule has 102 valence electrons. The fourth-order valence-corrected chi connectivity index (χ4v) is 3.08. The van der Waals surface area contributed by atoms with Crippen LogP contribution in [-0.4, -0.2) is 32.8 Å². The van der Waals surface area contributed by atoms with E-state index in [-0.39, 0.29) is 5.97 Å². The van der Waals surface area contributed by atoms with Crippen molar-refractivity contribution in [3.05, 3.63) is 20.3 Å². The van der Waals surface area contributed by atoms with E-state index in [1.165, 1.54) is 0 Å². The maximum Gasteiger partial charge on any atom is 0.328 e. The standard InChI is InChI=1S/C12H18BrNO3S/c1-4-17-12(15)11(14-5-6-16-3)10-7-9(13)8(2)18-10/h7,11,14H,4-6H2,1-3H3. The van der Waals surface area contributed by atoms with Crippen molar-refractivity contribution in [2.75, 3.05) is 26.9 Å². The van der Waals surface area contributed by atoms with Gasteiger partial charge in [0.25, 0.3) is 0 Å². The van der Waals surface area contributed by atoms with Crippen LogP contribution in [0.5, 0.6) is 0 Å². The van der Waals surface area contributed by atoms with Gasteiger partial charge in [0.1, 0.15) is 6.04 Å². The average molecular weight is 336 g/mol. The van der Waals surface area contributed by atoms with E-state index in [1.807, 2.05) is 13.0 Å². The Morgan fingerprint density at radius 3 is 2.83 bits per heavy atom. The summed E-state index contributed by atoms with van der Waals surface area (Å²) < 4.78 is 11.1. The van der Waals surface area contributed by atoms with Gasteiger partial charge in [0.2, 0.25) is 0 Å². The minimum atomic E-state index is -0.421. The first-order chi connectivity index (χ1) is 8.60. The number of ether oxygens (including phenoxy) is 2. The van der Waals surface area contributed by atoms with Crippen molar-refractivity contribution in [2.45, 2.75) is 19.9 Å². The number of hydrogen-bond donors (Lipinski definition) is 1. The second kappa shape index (κ2) is 7.89. The molecule has 0 aliphatic carbocycles. The molecule has 0 saturated heterocycles. The molecule has 1 N–H and O–H groups in total. The zero-order valence-corrected chi connectivity index (χ0v) is 13.2. The van der Waals surface area contributed by atoms with Gasteiger partial charge in [-0.1, -0.05) is 0 Å². The third-order valence-corrected chi connectivity index (χ3v) is 4.54. The van der Waals surface area contributed by atoms with Gasteiger partial charge in [-0.15, -0.1) is 11.3 Å². The van der Waals surface area contributed by atoms with Crippen molar-refractivity contribution >= 4 is 33.2 Å². The summed E-state index contributed by atoms with van der Waals surface area (Å²) in [5.41, 5.74) is 0. The number of nitrogens with one attached hydrogen (secondary N) is 1. The molecule has 0 saturated carbocycles. The number of methoxy groups -OCH3 is 1. The van der Waals surface area contributed by atoms with Gasteiger partial charge < -0.3 is 9.47 Å². The predicted octanol–water partition coefficient (Wildman–Crippen LogP) is 2.66. The largest absolute Gasteiger partial charge is 0.465 e. The molecule has 0 fully saturated rings. The van der Waals surface area contributed by atoms with Crippen molar-refractivity contribution in [1.82, 2.24) is 5.32 Å². The number of esters is 1. The first-order valence-electron chi connectivity index (χ1n) is 5.75. The van der Waals surface area contributed by atoms with Gasteiger partial charge in [-0.25, -0.2) is 4.79 Å². The SMILES string of the molecule is CCOC(=O)C(NCCOC)c1cc(Br)c(C)s1. The molecule has 0 aliphatic heterocycles. The molecule has 0 aliphatic rings. The third kappa shape index (κ3) is 4.35. The van der Waals surface area contributed by atoms with E-state index in [4.69, 9.17) is 9.47 Å². The second-order valence-electron chi connectivity index (χ2n) is 3.68. The van der Waals surface area contributed by atoms with E-state index < -0.39 is 6.04 Å². The number of thiophene rings is 1. The Hall–Kier alpha value is -0.430. The van der Waals surface area contributed by atoms with Crippen LogP contribution < -0.4 is 5.32 Å². The molecule has 0 amide bonds. The molecule has 1 aromatic heterocycles. The predicted molar refractivity (Wildman–Crippen MR) is 76.0 cm³/mol. The maximum absolute atomic E-state index is 11.9. The van der Waals surface area contributed by atoms with Gasteiger partial charge in [0, 0.05) is 27.9 Å². The molecule has 1 atom stereocenters. The van der Waals surface area contributed by atoms with E-state index in [2.05, 4.69) is 21.2 Å². The number of hydrogen-bond acceptors (Lipinski definition) is 5. The highest BCUT2D eigenvalue weighted by atomic mass is 79.9. The molecule has 0 bridgehead atoms. The topological polar surface area (TPSA) is 47.6 Å². The van der Waals surface area contributed by atoms with E-state index >= 15 is 0 Å². The third-order valence-electron chi connectivity index (χ3n) is 2.34. The monoisotopic (exact) mass is 335 g/mol. The maximum atomic E-state index is 11.9. The van der Waals surface area contributed by atoms with Crippen LogP contribution in [0.4, 0.5) is 0 Å². The van der Waals surface area contributed by atoms with Crippen molar-refractivity contribution in [1.29, 1.82) is 0 Å². The summed E-state index contributed by atoms with van der Waals surface area (Å²) in [6, 6.07) is 1.54. The number of rotatable bonds is 7. The van der Waals surface area contributed by atoms with Crippen LogP contribution >= 0.6 is 27.3 Å². The van der Waals surface area contributed by atoms with Crippen molar-refractivity contribution in [2.24, 2.45) is 0 Å². The molecular formula is C12H18BrNO3S. The Bertz CT molecular complexity index is 375. The summed E-state index contributed by atoms with van der Waals surface area (Å²) in [5, 5.41) is 3.15. The number of halogens is 1. The Morgan fingerprint density at radius 1 is 1.61 bits per heavy atom. The summed E-state index contributed by atoms with van der Waals surface area (Å²) in [7, 11) is 1.63. The molecular weight excluding hydrogens is 318 g/mol. The summed E-state index contributed by atoms with van der Waals surface area (Å²) in [6.07, 6.45) is 0. The van der Waals surface area contributed by atoms with Gasteiger partial charge in [-0.2, -0.15) is 0 Å². The number of carbonyl (C=O) groups excluding carboxylic acids is 1. The molecule has 1 aromatic rings. The van der Waals surface area contributed by atoms with Crippen molar-refractivity contribution in [3.63, 3.8) is 0 Å². The van der Waals surface area contributed by atoms with Crippen molar-refractivity contribution in [3.8, 4) is 0 Å². The molecule has 18 heavy (non-hydrogen) atoms. The fraction of sp³-hybridized carbons (Fsp3) is 0.583. The van der Waals surface area contributed by atoms with E-state index in [9.17, 15) is 4.79 Å². The number of aryl methyl sites for hydroxylation is 1. The normalized spacial score (nSPS) is 12.4. The zero-order chi connectivity index (χ0) is 13.5. The fourth-order valence-electron chi connectivity index (χ4n) is 1.45. The lowest BCUT2D eigenvalue weighted by Gasteiger charge is -2.15. The summed E-state index contributed by atoms with van der Waals surface area (Å²) >= 11 is 5.04. The van der Waals surface area contributed by atoms with Gasteiger partial charge in [0.15, 0.2) is 0 Å². The van der Waals surface area contributed by atoms with Crippen LogP contribution in [0.25, 0.3) is 0 Å². The van der Waals surface area contributed by atoms with E-state index in [0.717, 1.165) is 14.2 Å². The van der Waals surface area contributed by atoms with E-state index in [1.54, 1.807) is 25.4 Å². The second-order valence-corrected chi connectivity index (χ2v) is 5.83. The lowest BCUT2D eigenvalue weighted by atomic mass is 10.2. The number of carbonyl (C=O) groups is 1. The quantitative estimate of drug-likeness (QED) is 0.614. The Morgan fingerprint density at radius 2 is 2.33 bits per heavy atom. The molecule has 1 rings (SSSR count). The van der Waals surface area contributed by atoms with Gasteiger partial charge in [0.05, 0.1) is 13.2 Å². The lowest BCUT2D eigenvalue weighted by molar-refractivity contribution is -0.145. The summed E-state index contributed by atoms with van der Waals surface area (Å²) in [6.45, 7) is 5.36. The highest BCUT2D eigenvalue weighted by molar-refractivity contribution is 9.10. The molecule has 0 aromatic carbocycles. The van der Waals surface area contributed by atoms with Crippen LogP contribution in [-0.2, 0) is 14.3 Å². The average Bonchev–Trinajstić information content (AvgIpc) is 2.65. The molecule has 4 nitrogen and oxygen atoms in total. The van der Waals surface area contributed by atoms with Crippen LogP contribution in [0.15, 0.2) is 10.5 Å². The Labute approximate surface area is 120 Å². The zero-order valence-electron chi connectivity index (χ0n) is 10.8. The lowest BCUT2D eigenvalue weighted by Crippen LogP contribution is -2.31. The van der Waals surface area contributed by atoms with E-state index in [0.29, 0.717) is 19.8 Å². The molecule has 1 heterocycles. The highest BCUT2D eigenvalue weighted by Gasteiger charge is 2.23. The van der Waals surface area contributed by atoms with Crippen molar-refractivity contribution < 1.29 is 14.3 Å². The highest BCUT2D eigenvalue weighted by Crippen LogP contribution is 2.31. The van der Waals surface area contributed by atoms with Crippen LogP contribution in [0.1, 0.15) is 22.7 Å². The molecule has 1 unspecified atom stereocenters. The van der Waals surface area contributed by atoms with Crippen LogP contribution in [0, 0.1) is 6.92 Å². The molecule has 6 heteroatoms. The first-order valence-corrected chi connectivity index (χ1v) is 7.35. The summed E-state index contributed by atoms with van der Waals surface area (Å²) in [4.78, 5) is 14.0. The Balaban J connectivity index is 2.78. The smallest absolute Gasteiger partial charge is 0.328 e. The molecule has 0 radical (unpaired) electrons. The van der Waals surface area contributed by atoms with Crippen LogP contribution in [0.2, 0.25) is 0 Å². The van der Waals surface area contributed by atoms with Crippen LogP contribution in [0.3, 0.4) is 0 Å². The summed E-state index contributed by atoms with van der Waals surface area (Å²) in [5.74, 6) is -0.248. The minimum absolute atomic E-state index is 0.248. The van der Waals surface area contributed by atoms with Gasteiger partial charge >= 0.3 is 5.97 Å². The van der Waals surface area contributed by atoms with Gasteiger partial charge in [-0.3, -0.25) is 5.32 Å².